The number of aryl methyl sites for hydroxylation is 1. The van der Waals surface area contributed by atoms with Crippen LogP contribution in [0.2, 0.25) is 0 Å². The lowest BCUT2D eigenvalue weighted by molar-refractivity contribution is 0.572. The first kappa shape index (κ1) is 19.0. The number of hydrogen-bond acceptors (Lipinski definition) is 4. The second kappa shape index (κ2) is 8.06. The number of nitriles is 1. The zero-order valence-corrected chi connectivity index (χ0v) is 17.7. The molecule has 0 atom stereocenters. The van der Waals surface area contributed by atoms with Gasteiger partial charge in [0.2, 0.25) is 0 Å². The number of nitrogens with zero attached hydrogens (tertiary/aromatic N) is 2. The third-order valence-electron chi connectivity index (χ3n) is 5.15. The minimum Gasteiger partial charge on any atom is -0.457 e. The van der Waals surface area contributed by atoms with E-state index in [0.717, 1.165) is 22.6 Å². The fourth-order valence-corrected chi connectivity index (χ4v) is 4.26. The van der Waals surface area contributed by atoms with Crippen LogP contribution in [0, 0.1) is 18.3 Å². The van der Waals surface area contributed by atoms with Crippen molar-refractivity contribution in [2.75, 3.05) is 0 Å². The zero-order chi connectivity index (χ0) is 21.2. The van der Waals surface area contributed by atoms with Crippen molar-refractivity contribution in [1.29, 1.82) is 5.26 Å². The van der Waals surface area contributed by atoms with Gasteiger partial charge in [-0.1, -0.05) is 66.2 Å². The summed E-state index contributed by atoms with van der Waals surface area (Å²) in [5.74, 6) is 1.41. The van der Waals surface area contributed by atoms with Crippen LogP contribution < -0.4 is 0 Å². The molecule has 4 heteroatoms. The van der Waals surface area contributed by atoms with Crippen molar-refractivity contribution in [3.05, 3.63) is 101 Å². The van der Waals surface area contributed by atoms with E-state index in [1.54, 1.807) is 6.08 Å². The minimum absolute atomic E-state index is 0.488. The number of aromatic nitrogens is 1. The summed E-state index contributed by atoms with van der Waals surface area (Å²) in [6, 6.07) is 28.8. The van der Waals surface area contributed by atoms with Gasteiger partial charge in [-0.15, -0.1) is 11.3 Å². The summed E-state index contributed by atoms with van der Waals surface area (Å²) in [7, 11) is 0. The first-order chi connectivity index (χ1) is 15.2. The van der Waals surface area contributed by atoms with E-state index in [1.807, 2.05) is 41.8 Å². The normalized spacial score (nSPS) is 11.5. The van der Waals surface area contributed by atoms with Crippen LogP contribution in [0.25, 0.3) is 45.0 Å². The Bertz CT molecular complexity index is 1450. The molecule has 0 aliphatic carbocycles. The molecule has 0 bridgehead atoms. The summed E-state index contributed by atoms with van der Waals surface area (Å²) in [4.78, 5) is 4.72. The zero-order valence-electron chi connectivity index (χ0n) is 16.9. The molecule has 2 heterocycles. The Balaban J connectivity index is 1.44. The first-order valence-corrected chi connectivity index (χ1v) is 10.8. The quantitative estimate of drug-likeness (QED) is 0.282. The lowest BCUT2D eigenvalue weighted by Gasteiger charge is -2.00. The minimum atomic E-state index is 0.488. The average molecular weight is 419 g/mol. The van der Waals surface area contributed by atoms with Crippen molar-refractivity contribution in [3.63, 3.8) is 0 Å². The molecule has 148 valence electrons. The van der Waals surface area contributed by atoms with Crippen molar-refractivity contribution in [2.24, 2.45) is 0 Å². The van der Waals surface area contributed by atoms with Crippen LogP contribution in [0.1, 0.15) is 16.3 Å². The number of fused-ring (bicyclic) bond motifs is 1. The van der Waals surface area contributed by atoms with Gasteiger partial charge >= 0.3 is 0 Å². The summed E-state index contributed by atoms with van der Waals surface area (Å²) >= 11 is 1.46. The summed E-state index contributed by atoms with van der Waals surface area (Å²) in [6.45, 7) is 2.06. The van der Waals surface area contributed by atoms with Crippen LogP contribution in [0.15, 0.2) is 88.7 Å². The second-order valence-corrected chi connectivity index (χ2v) is 8.20. The Morgan fingerprint density at radius 3 is 2.52 bits per heavy atom. The monoisotopic (exact) mass is 418 g/mol. The van der Waals surface area contributed by atoms with Gasteiger partial charge in [-0.05, 0) is 35.9 Å². The molecule has 0 aliphatic rings. The summed E-state index contributed by atoms with van der Waals surface area (Å²) in [6.07, 6.45) is 1.75. The lowest BCUT2D eigenvalue weighted by Crippen LogP contribution is -1.83. The van der Waals surface area contributed by atoms with Gasteiger partial charge in [0.05, 0.1) is 11.3 Å². The van der Waals surface area contributed by atoms with Crippen LogP contribution in [0.5, 0.6) is 0 Å². The standard InChI is InChI=1S/C27H18N2OS/c1-18-6-8-20(9-7-18)26-13-12-24(30-26)15-23(16-28)27-29-25(17-31-27)22-11-10-19-4-2-3-5-21(19)14-22/h2-15,17H,1H3/b23-15+. The Labute approximate surface area is 184 Å². The van der Waals surface area contributed by atoms with E-state index in [4.69, 9.17) is 9.40 Å². The predicted molar refractivity (Wildman–Crippen MR) is 127 cm³/mol. The maximum Gasteiger partial charge on any atom is 0.134 e. The predicted octanol–water partition coefficient (Wildman–Crippen LogP) is 7.60. The number of allylic oxidation sites excluding steroid dienone is 1. The van der Waals surface area contributed by atoms with Gasteiger partial charge in [0.1, 0.15) is 22.6 Å². The summed E-state index contributed by atoms with van der Waals surface area (Å²) < 4.78 is 5.95. The van der Waals surface area contributed by atoms with E-state index in [9.17, 15) is 5.26 Å². The topological polar surface area (TPSA) is 49.8 Å². The molecule has 5 aromatic rings. The number of rotatable bonds is 4. The van der Waals surface area contributed by atoms with Gasteiger partial charge in [-0.3, -0.25) is 0 Å². The maximum atomic E-state index is 9.72. The second-order valence-electron chi connectivity index (χ2n) is 7.34. The van der Waals surface area contributed by atoms with Gasteiger partial charge in [-0.25, -0.2) is 4.98 Å². The fourth-order valence-electron chi connectivity index (χ4n) is 3.47. The Morgan fingerprint density at radius 1 is 0.935 bits per heavy atom. The summed E-state index contributed by atoms with van der Waals surface area (Å²) in [5, 5.41) is 14.8. The van der Waals surface area contributed by atoms with Crippen LogP contribution in [0.4, 0.5) is 0 Å². The molecule has 0 aliphatic heterocycles. The molecule has 0 amide bonds. The van der Waals surface area contributed by atoms with Crippen LogP contribution in [-0.4, -0.2) is 4.98 Å². The van der Waals surface area contributed by atoms with Crippen molar-refractivity contribution >= 4 is 33.8 Å². The Hall–Kier alpha value is -3.94. The number of furan rings is 1. The van der Waals surface area contributed by atoms with Crippen LogP contribution in [-0.2, 0) is 0 Å². The smallest absolute Gasteiger partial charge is 0.134 e. The third-order valence-corrected chi connectivity index (χ3v) is 6.03. The molecule has 0 unspecified atom stereocenters. The largest absolute Gasteiger partial charge is 0.457 e. The van der Waals surface area contributed by atoms with E-state index in [2.05, 4.69) is 55.5 Å². The molecule has 0 N–H and O–H groups in total. The molecule has 3 aromatic carbocycles. The van der Waals surface area contributed by atoms with Crippen LogP contribution >= 0.6 is 11.3 Å². The van der Waals surface area contributed by atoms with E-state index in [0.29, 0.717) is 16.3 Å². The SMILES string of the molecule is Cc1ccc(-c2ccc(/C=C(\C#N)c3nc(-c4ccc5ccccc5c4)cs3)o2)cc1. The molecule has 0 fully saturated rings. The first-order valence-electron chi connectivity index (χ1n) is 9.93. The fraction of sp³-hybridized carbons (Fsp3) is 0.0370. The highest BCUT2D eigenvalue weighted by Crippen LogP contribution is 2.30. The molecule has 3 nitrogen and oxygen atoms in total. The van der Waals surface area contributed by atoms with Gasteiger partial charge in [0.15, 0.2) is 0 Å². The Kier molecular flexibility index (Phi) is 4.95. The third kappa shape index (κ3) is 3.92. The number of thiazole rings is 1. The van der Waals surface area contributed by atoms with Crippen molar-refractivity contribution in [2.45, 2.75) is 6.92 Å². The van der Waals surface area contributed by atoms with Crippen LogP contribution in [0.3, 0.4) is 0 Å². The van der Waals surface area contributed by atoms with Gasteiger partial charge in [0, 0.05) is 22.6 Å². The molecular weight excluding hydrogens is 400 g/mol. The summed E-state index contributed by atoms with van der Waals surface area (Å²) in [5.41, 5.74) is 4.61. The highest BCUT2D eigenvalue weighted by molar-refractivity contribution is 7.11. The van der Waals surface area contributed by atoms with E-state index in [-0.39, 0.29) is 0 Å². The lowest BCUT2D eigenvalue weighted by atomic mass is 10.1. The number of benzene rings is 3. The van der Waals surface area contributed by atoms with Crippen molar-refractivity contribution < 1.29 is 4.42 Å². The van der Waals surface area contributed by atoms with E-state index >= 15 is 0 Å². The maximum absolute atomic E-state index is 9.72. The average Bonchev–Trinajstić information content (AvgIpc) is 3.48. The molecule has 0 saturated heterocycles. The highest BCUT2D eigenvalue weighted by Gasteiger charge is 2.11. The molecular formula is C27H18N2OS. The number of hydrogen-bond donors (Lipinski definition) is 0. The van der Waals surface area contributed by atoms with Crippen molar-refractivity contribution in [3.8, 4) is 28.7 Å². The van der Waals surface area contributed by atoms with Gasteiger partial charge < -0.3 is 4.42 Å². The molecule has 2 aromatic heterocycles. The van der Waals surface area contributed by atoms with E-state index in [1.165, 1.54) is 27.7 Å². The molecule has 0 spiro atoms. The molecule has 31 heavy (non-hydrogen) atoms. The van der Waals surface area contributed by atoms with E-state index < -0.39 is 0 Å². The Morgan fingerprint density at radius 2 is 1.71 bits per heavy atom. The van der Waals surface area contributed by atoms with Gasteiger partial charge in [0.25, 0.3) is 0 Å². The van der Waals surface area contributed by atoms with Gasteiger partial charge in [-0.2, -0.15) is 5.26 Å². The molecule has 5 rings (SSSR count). The van der Waals surface area contributed by atoms with Crippen molar-refractivity contribution in [1.82, 2.24) is 4.98 Å². The highest BCUT2D eigenvalue weighted by atomic mass is 32.1. The molecule has 0 radical (unpaired) electrons. The molecule has 0 saturated carbocycles.